The van der Waals surface area contributed by atoms with Gasteiger partial charge in [0.2, 0.25) is 0 Å². The van der Waals surface area contributed by atoms with Gasteiger partial charge in [0.1, 0.15) is 0 Å². The zero-order chi connectivity index (χ0) is 16.3. The van der Waals surface area contributed by atoms with Gasteiger partial charge in [-0.1, -0.05) is 25.5 Å². The molecular weight excluding hydrogens is 280 g/mol. The lowest BCUT2D eigenvalue weighted by atomic mass is 9.62. The summed E-state index contributed by atoms with van der Waals surface area (Å²) in [5.41, 5.74) is 1.11. The maximum atomic E-state index is 12.3. The van der Waals surface area contributed by atoms with Gasteiger partial charge in [-0.15, -0.1) is 0 Å². The van der Waals surface area contributed by atoms with Crippen molar-refractivity contribution in [3.8, 4) is 0 Å². The monoisotopic (exact) mass is 304 g/mol. The van der Waals surface area contributed by atoms with Crippen LogP contribution in [0.3, 0.4) is 0 Å². The van der Waals surface area contributed by atoms with Gasteiger partial charge in [0.05, 0.1) is 0 Å². The van der Waals surface area contributed by atoms with E-state index in [4.69, 9.17) is 9.47 Å². The van der Waals surface area contributed by atoms with Crippen LogP contribution >= 0.6 is 0 Å². The SMILES string of the molecule is CC1=CC2=CC3(CC(C)(C)C2CC1)OC(=O)C(C)(C)C(=O)O3. The number of fused-ring (bicyclic) bond motifs is 1. The highest BCUT2D eigenvalue weighted by molar-refractivity contribution is 6.01. The van der Waals surface area contributed by atoms with Crippen LogP contribution in [-0.2, 0) is 19.1 Å². The van der Waals surface area contributed by atoms with E-state index in [-0.39, 0.29) is 5.41 Å². The fourth-order valence-electron chi connectivity index (χ4n) is 3.85. The number of hydrogen-bond acceptors (Lipinski definition) is 4. The van der Waals surface area contributed by atoms with Gasteiger partial charge < -0.3 is 9.47 Å². The number of hydrogen-bond donors (Lipinski definition) is 0. The second kappa shape index (κ2) is 4.46. The molecule has 1 atom stereocenters. The highest BCUT2D eigenvalue weighted by Crippen LogP contribution is 2.52. The molecule has 0 bridgehead atoms. The molecule has 0 N–H and O–H groups in total. The first-order valence-electron chi connectivity index (χ1n) is 7.93. The Kier molecular flexibility index (Phi) is 3.11. The van der Waals surface area contributed by atoms with Gasteiger partial charge in [0.25, 0.3) is 5.79 Å². The van der Waals surface area contributed by atoms with Crippen molar-refractivity contribution in [3.05, 3.63) is 23.3 Å². The molecule has 2 aliphatic carbocycles. The smallest absolute Gasteiger partial charge is 0.326 e. The molecule has 1 spiro atoms. The summed E-state index contributed by atoms with van der Waals surface area (Å²) in [5.74, 6) is -1.85. The molecule has 1 heterocycles. The Morgan fingerprint density at radius 1 is 1.09 bits per heavy atom. The molecule has 0 aromatic heterocycles. The number of carbonyl (C=O) groups excluding carboxylic acids is 2. The quantitative estimate of drug-likeness (QED) is 0.507. The van der Waals surface area contributed by atoms with E-state index in [1.165, 1.54) is 5.57 Å². The number of carbonyl (C=O) groups is 2. The van der Waals surface area contributed by atoms with E-state index in [9.17, 15) is 9.59 Å². The van der Waals surface area contributed by atoms with Gasteiger partial charge in [-0.25, -0.2) is 0 Å². The van der Waals surface area contributed by atoms with E-state index in [1.54, 1.807) is 13.8 Å². The Balaban J connectivity index is 2.05. The second-order valence-electron chi connectivity index (χ2n) is 8.11. The molecule has 22 heavy (non-hydrogen) atoms. The van der Waals surface area contributed by atoms with Crippen LogP contribution in [0.5, 0.6) is 0 Å². The van der Waals surface area contributed by atoms with Crippen LogP contribution in [0.15, 0.2) is 23.3 Å². The fraction of sp³-hybridized carbons (Fsp3) is 0.667. The minimum Gasteiger partial charge on any atom is -0.418 e. The summed E-state index contributed by atoms with van der Waals surface area (Å²) in [5, 5.41) is 0. The summed E-state index contributed by atoms with van der Waals surface area (Å²) in [4.78, 5) is 24.5. The van der Waals surface area contributed by atoms with Crippen LogP contribution in [0.2, 0.25) is 0 Å². The van der Waals surface area contributed by atoms with Gasteiger partial charge >= 0.3 is 11.9 Å². The molecule has 1 fully saturated rings. The molecule has 120 valence electrons. The average Bonchev–Trinajstić information content (AvgIpc) is 2.34. The van der Waals surface area contributed by atoms with Crippen LogP contribution in [0.1, 0.15) is 53.9 Å². The molecule has 1 unspecified atom stereocenters. The summed E-state index contributed by atoms with van der Waals surface area (Å²) in [6.45, 7) is 9.50. The van der Waals surface area contributed by atoms with Gasteiger partial charge in [-0.3, -0.25) is 9.59 Å². The predicted molar refractivity (Wildman–Crippen MR) is 81.7 cm³/mol. The summed E-state index contributed by atoms with van der Waals surface area (Å²) in [6, 6.07) is 0. The number of ether oxygens (including phenoxy) is 2. The first-order valence-corrected chi connectivity index (χ1v) is 7.93. The summed E-state index contributed by atoms with van der Waals surface area (Å²) in [7, 11) is 0. The molecule has 0 aromatic carbocycles. The van der Waals surface area contributed by atoms with E-state index in [0.29, 0.717) is 12.3 Å². The van der Waals surface area contributed by atoms with Crippen molar-refractivity contribution in [2.45, 2.75) is 59.7 Å². The first-order chi connectivity index (χ1) is 10.1. The molecule has 3 rings (SSSR count). The van der Waals surface area contributed by atoms with E-state index in [2.05, 4.69) is 26.8 Å². The van der Waals surface area contributed by atoms with Gasteiger partial charge in [0, 0.05) is 12.5 Å². The number of rotatable bonds is 0. The maximum absolute atomic E-state index is 12.3. The summed E-state index contributed by atoms with van der Waals surface area (Å²) < 4.78 is 11.3. The Hall–Kier alpha value is -1.58. The Labute approximate surface area is 131 Å². The molecule has 0 radical (unpaired) electrons. The average molecular weight is 304 g/mol. The first kappa shape index (κ1) is 15.3. The molecule has 1 aliphatic heterocycles. The predicted octanol–water partition coefficient (Wildman–Crippen LogP) is 3.52. The molecule has 1 saturated heterocycles. The lowest BCUT2D eigenvalue weighted by molar-refractivity contribution is -0.254. The van der Waals surface area contributed by atoms with E-state index in [1.807, 2.05) is 6.08 Å². The molecule has 0 saturated carbocycles. The molecule has 4 nitrogen and oxygen atoms in total. The van der Waals surface area contributed by atoms with Crippen LogP contribution in [0.25, 0.3) is 0 Å². The molecule has 0 aromatic rings. The van der Waals surface area contributed by atoms with E-state index >= 15 is 0 Å². The molecule has 0 amide bonds. The van der Waals surface area contributed by atoms with Crippen molar-refractivity contribution in [2.24, 2.45) is 16.7 Å². The largest absolute Gasteiger partial charge is 0.418 e. The minimum atomic E-state index is -1.24. The molecule has 3 aliphatic rings. The third-order valence-electron chi connectivity index (χ3n) is 5.23. The van der Waals surface area contributed by atoms with Crippen LogP contribution in [-0.4, -0.2) is 17.7 Å². The van der Waals surface area contributed by atoms with Crippen molar-refractivity contribution >= 4 is 11.9 Å². The Morgan fingerprint density at radius 2 is 1.68 bits per heavy atom. The molecule has 4 heteroatoms. The van der Waals surface area contributed by atoms with Crippen LogP contribution < -0.4 is 0 Å². The Bertz CT molecular complexity index is 587. The lowest BCUT2D eigenvalue weighted by Gasteiger charge is -2.50. The number of allylic oxidation sites excluding steroid dienone is 3. The summed E-state index contributed by atoms with van der Waals surface area (Å²) in [6.07, 6.45) is 6.69. The Morgan fingerprint density at radius 3 is 2.27 bits per heavy atom. The van der Waals surface area contributed by atoms with Crippen molar-refractivity contribution in [1.82, 2.24) is 0 Å². The third-order valence-corrected chi connectivity index (χ3v) is 5.23. The maximum Gasteiger partial charge on any atom is 0.326 e. The van der Waals surface area contributed by atoms with Crippen LogP contribution in [0.4, 0.5) is 0 Å². The zero-order valence-corrected chi connectivity index (χ0v) is 14.0. The highest BCUT2D eigenvalue weighted by Gasteiger charge is 2.57. The zero-order valence-electron chi connectivity index (χ0n) is 14.0. The standard InChI is InChI=1S/C18H24O4/c1-11-6-7-13-12(8-11)9-18(10-16(13,2)3)21-14(19)17(4,5)15(20)22-18/h8-9,13H,6-7,10H2,1-5H3. The van der Waals surface area contributed by atoms with Crippen molar-refractivity contribution in [3.63, 3.8) is 0 Å². The minimum absolute atomic E-state index is 0.0939. The van der Waals surface area contributed by atoms with Crippen LogP contribution in [0, 0.1) is 16.7 Å². The van der Waals surface area contributed by atoms with Crippen molar-refractivity contribution in [1.29, 1.82) is 0 Å². The topological polar surface area (TPSA) is 52.6 Å². The number of esters is 2. The third kappa shape index (κ3) is 2.20. The van der Waals surface area contributed by atoms with Gasteiger partial charge in [-0.05, 0) is 50.5 Å². The lowest BCUT2D eigenvalue weighted by Crippen LogP contribution is -2.56. The van der Waals surface area contributed by atoms with E-state index in [0.717, 1.165) is 18.4 Å². The highest BCUT2D eigenvalue weighted by atomic mass is 16.7. The normalized spacial score (nSPS) is 31.6. The van der Waals surface area contributed by atoms with E-state index < -0.39 is 23.1 Å². The fourth-order valence-corrected chi connectivity index (χ4v) is 3.85. The summed E-state index contributed by atoms with van der Waals surface area (Å²) >= 11 is 0. The molecular formula is C18H24O4. The van der Waals surface area contributed by atoms with Crippen molar-refractivity contribution < 1.29 is 19.1 Å². The second-order valence-corrected chi connectivity index (χ2v) is 8.11. The van der Waals surface area contributed by atoms with Gasteiger partial charge in [-0.2, -0.15) is 0 Å². The van der Waals surface area contributed by atoms with Gasteiger partial charge in [0.15, 0.2) is 5.41 Å². The van der Waals surface area contributed by atoms with Crippen molar-refractivity contribution in [2.75, 3.05) is 0 Å².